The smallest absolute Gasteiger partial charge is 0.148 e. The van der Waals surface area contributed by atoms with Crippen LogP contribution in [0, 0.1) is 0 Å². The van der Waals surface area contributed by atoms with Crippen LogP contribution < -0.4 is 10.2 Å². The minimum atomic E-state index is 0. The summed E-state index contributed by atoms with van der Waals surface area (Å²) >= 11 is 0. The van der Waals surface area contributed by atoms with Crippen LogP contribution in [0.15, 0.2) is 36.5 Å². The van der Waals surface area contributed by atoms with E-state index in [1.807, 2.05) is 33.4 Å². The van der Waals surface area contributed by atoms with Gasteiger partial charge in [0.2, 0.25) is 0 Å². The number of aryl methyl sites for hydroxylation is 1. The summed E-state index contributed by atoms with van der Waals surface area (Å²) in [5, 5.41) is 7.55. The van der Waals surface area contributed by atoms with Gasteiger partial charge in [-0.05, 0) is 17.7 Å². The number of anilines is 2. The average Bonchev–Trinajstić information content (AvgIpc) is 2.73. The zero-order valence-corrected chi connectivity index (χ0v) is 13.0. The van der Waals surface area contributed by atoms with E-state index in [-0.39, 0.29) is 24.8 Å². The number of aromatic nitrogens is 2. The number of nitrogens with one attached hydrogen (secondary N) is 1. The van der Waals surface area contributed by atoms with Gasteiger partial charge >= 0.3 is 0 Å². The topological polar surface area (TPSA) is 33.1 Å². The molecule has 0 spiro atoms. The first-order chi connectivity index (χ1) is 8.15. The first-order valence-corrected chi connectivity index (χ1v) is 5.65. The highest BCUT2D eigenvalue weighted by atomic mass is 35.5. The van der Waals surface area contributed by atoms with E-state index in [2.05, 4.69) is 39.6 Å². The van der Waals surface area contributed by atoms with Crippen LogP contribution in [0.3, 0.4) is 0 Å². The number of hydrogen-bond acceptors (Lipinski definition) is 3. The van der Waals surface area contributed by atoms with E-state index < -0.39 is 0 Å². The SMILES string of the molecule is CN(C)c1ccc(CNc2ccn(C)n2)cc1.Cl.Cl. The van der Waals surface area contributed by atoms with Gasteiger partial charge in [-0.2, -0.15) is 5.10 Å². The average molecular weight is 303 g/mol. The van der Waals surface area contributed by atoms with Crippen molar-refractivity contribution in [3.63, 3.8) is 0 Å². The van der Waals surface area contributed by atoms with Crippen LogP contribution in [0.1, 0.15) is 5.56 Å². The zero-order valence-electron chi connectivity index (χ0n) is 11.3. The summed E-state index contributed by atoms with van der Waals surface area (Å²) in [7, 11) is 6.00. The van der Waals surface area contributed by atoms with Gasteiger partial charge in [-0.1, -0.05) is 12.1 Å². The molecule has 1 heterocycles. The van der Waals surface area contributed by atoms with Gasteiger partial charge in [0.1, 0.15) is 5.82 Å². The number of halogens is 2. The lowest BCUT2D eigenvalue weighted by Crippen LogP contribution is -2.08. The molecule has 6 heteroatoms. The Morgan fingerprint density at radius 3 is 2.21 bits per heavy atom. The van der Waals surface area contributed by atoms with Crippen LogP contribution in [-0.2, 0) is 13.6 Å². The Bertz CT molecular complexity index is 480. The molecule has 0 radical (unpaired) electrons. The van der Waals surface area contributed by atoms with Crippen molar-refractivity contribution in [2.75, 3.05) is 24.3 Å². The Kier molecular flexibility index (Phi) is 7.34. The number of rotatable bonds is 4. The van der Waals surface area contributed by atoms with E-state index >= 15 is 0 Å². The molecule has 0 aliphatic rings. The molecule has 4 nitrogen and oxygen atoms in total. The molecule has 1 aromatic heterocycles. The lowest BCUT2D eigenvalue weighted by atomic mass is 10.2. The summed E-state index contributed by atoms with van der Waals surface area (Å²) in [6.07, 6.45) is 1.93. The quantitative estimate of drug-likeness (QED) is 0.943. The number of nitrogens with zero attached hydrogens (tertiary/aromatic N) is 3. The first-order valence-electron chi connectivity index (χ1n) is 5.65. The minimum Gasteiger partial charge on any atom is -0.378 e. The van der Waals surface area contributed by atoms with Crippen molar-refractivity contribution in [2.45, 2.75) is 6.54 Å². The van der Waals surface area contributed by atoms with Crippen LogP contribution in [0.5, 0.6) is 0 Å². The molecule has 0 aliphatic carbocycles. The summed E-state index contributed by atoms with van der Waals surface area (Å²) in [5.74, 6) is 0.907. The predicted molar refractivity (Wildman–Crippen MR) is 85.8 cm³/mol. The minimum absolute atomic E-state index is 0. The van der Waals surface area contributed by atoms with Crippen LogP contribution in [0.25, 0.3) is 0 Å². The van der Waals surface area contributed by atoms with E-state index in [4.69, 9.17) is 0 Å². The van der Waals surface area contributed by atoms with E-state index in [9.17, 15) is 0 Å². The molecule has 1 N–H and O–H groups in total. The highest BCUT2D eigenvalue weighted by Gasteiger charge is 1.98. The van der Waals surface area contributed by atoms with Crippen molar-refractivity contribution in [1.29, 1.82) is 0 Å². The van der Waals surface area contributed by atoms with E-state index in [0.717, 1.165) is 12.4 Å². The van der Waals surface area contributed by atoms with Gasteiger partial charge in [-0.25, -0.2) is 0 Å². The van der Waals surface area contributed by atoms with Crippen LogP contribution in [0.4, 0.5) is 11.5 Å². The molecule has 0 bridgehead atoms. The van der Waals surface area contributed by atoms with E-state index in [1.165, 1.54) is 11.3 Å². The lowest BCUT2D eigenvalue weighted by molar-refractivity contribution is 0.768. The first kappa shape index (κ1) is 17.6. The van der Waals surface area contributed by atoms with Gasteiger partial charge in [0, 0.05) is 45.6 Å². The predicted octanol–water partition coefficient (Wildman–Crippen LogP) is 2.94. The molecule has 2 rings (SSSR count). The molecule has 0 amide bonds. The maximum atomic E-state index is 4.27. The Hall–Kier alpha value is -1.39. The van der Waals surface area contributed by atoms with E-state index in [0.29, 0.717) is 0 Å². The fraction of sp³-hybridized carbons (Fsp3) is 0.308. The molecule has 0 unspecified atom stereocenters. The molecule has 0 saturated carbocycles. The van der Waals surface area contributed by atoms with Crippen molar-refractivity contribution in [2.24, 2.45) is 7.05 Å². The van der Waals surface area contributed by atoms with Gasteiger partial charge < -0.3 is 10.2 Å². The van der Waals surface area contributed by atoms with Gasteiger partial charge in [0.25, 0.3) is 0 Å². The molecule has 2 aromatic rings. The largest absolute Gasteiger partial charge is 0.378 e. The maximum Gasteiger partial charge on any atom is 0.148 e. The summed E-state index contributed by atoms with van der Waals surface area (Å²) in [6.45, 7) is 0.796. The monoisotopic (exact) mass is 302 g/mol. The second-order valence-corrected chi connectivity index (χ2v) is 4.29. The van der Waals surface area contributed by atoms with Gasteiger partial charge in [-0.3, -0.25) is 4.68 Å². The van der Waals surface area contributed by atoms with Crippen LogP contribution in [-0.4, -0.2) is 23.9 Å². The van der Waals surface area contributed by atoms with Crippen LogP contribution >= 0.6 is 24.8 Å². The maximum absolute atomic E-state index is 4.27. The van der Waals surface area contributed by atoms with Crippen LogP contribution in [0.2, 0.25) is 0 Å². The molecule has 1 aromatic carbocycles. The fourth-order valence-electron chi connectivity index (χ4n) is 1.61. The van der Waals surface area contributed by atoms with Crippen molar-refractivity contribution in [3.05, 3.63) is 42.1 Å². The second-order valence-electron chi connectivity index (χ2n) is 4.29. The molecular weight excluding hydrogens is 283 g/mol. The standard InChI is InChI=1S/C13H18N4.2ClH/c1-16(2)12-6-4-11(5-7-12)10-14-13-8-9-17(3)15-13;;/h4-9H,10H2,1-3H3,(H,14,15);2*1H. The number of benzene rings is 1. The van der Waals surface area contributed by atoms with Crippen molar-refractivity contribution < 1.29 is 0 Å². The molecule has 0 atom stereocenters. The lowest BCUT2D eigenvalue weighted by Gasteiger charge is -2.12. The molecule has 19 heavy (non-hydrogen) atoms. The summed E-state index contributed by atoms with van der Waals surface area (Å²) in [4.78, 5) is 2.09. The Morgan fingerprint density at radius 2 is 1.74 bits per heavy atom. The van der Waals surface area contributed by atoms with E-state index in [1.54, 1.807) is 4.68 Å². The van der Waals surface area contributed by atoms with Gasteiger partial charge in [0.15, 0.2) is 0 Å². The highest BCUT2D eigenvalue weighted by Crippen LogP contribution is 2.13. The van der Waals surface area contributed by atoms with Gasteiger partial charge in [-0.15, -0.1) is 24.8 Å². The third-order valence-corrected chi connectivity index (χ3v) is 2.64. The summed E-state index contributed by atoms with van der Waals surface area (Å²) in [6, 6.07) is 10.5. The molecule has 0 aliphatic heterocycles. The van der Waals surface area contributed by atoms with Gasteiger partial charge in [0.05, 0.1) is 0 Å². The molecule has 0 fully saturated rings. The third kappa shape index (κ3) is 5.01. The molecule has 106 valence electrons. The van der Waals surface area contributed by atoms with Crippen molar-refractivity contribution >= 4 is 36.3 Å². The third-order valence-electron chi connectivity index (χ3n) is 2.64. The molecule has 0 saturated heterocycles. The highest BCUT2D eigenvalue weighted by molar-refractivity contribution is 5.85. The molecular formula is C13H20Cl2N4. The zero-order chi connectivity index (χ0) is 12.3. The Balaban J connectivity index is 0.00000162. The number of hydrogen-bond donors (Lipinski definition) is 1. The summed E-state index contributed by atoms with van der Waals surface area (Å²) in [5.41, 5.74) is 2.47. The Labute approximate surface area is 126 Å². The fourth-order valence-corrected chi connectivity index (χ4v) is 1.61. The Morgan fingerprint density at radius 1 is 1.11 bits per heavy atom. The normalized spacial score (nSPS) is 9.21. The van der Waals surface area contributed by atoms with Crippen molar-refractivity contribution in [3.8, 4) is 0 Å². The second kappa shape index (κ2) is 7.92. The van der Waals surface area contributed by atoms with Crippen molar-refractivity contribution in [1.82, 2.24) is 9.78 Å². The summed E-state index contributed by atoms with van der Waals surface area (Å²) < 4.78 is 1.79.